The van der Waals surface area contributed by atoms with E-state index in [0.717, 1.165) is 24.3 Å². The predicted molar refractivity (Wildman–Crippen MR) is 53.3 cm³/mol. The molecule has 0 bridgehead atoms. The van der Waals surface area contributed by atoms with Crippen molar-refractivity contribution in [2.24, 2.45) is 0 Å². The lowest BCUT2D eigenvalue weighted by Gasteiger charge is -2.30. The molecule has 1 aliphatic rings. The second-order valence-corrected chi connectivity index (χ2v) is 6.74. The summed E-state index contributed by atoms with van der Waals surface area (Å²) in [4.78, 5) is 0. The standard InChI is InChI=1S/C8H14OS2/c1-3-5-8(2)10-6-4-7-11(8)9/h3H,1,4-7H2,2H3/t8-,11?/m0/s1. The van der Waals surface area contributed by atoms with E-state index in [4.69, 9.17) is 0 Å². The number of hydrogen-bond donors (Lipinski definition) is 0. The molecule has 2 atom stereocenters. The van der Waals surface area contributed by atoms with Crippen molar-refractivity contribution in [1.82, 2.24) is 0 Å². The molecule has 11 heavy (non-hydrogen) atoms. The topological polar surface area (TPSA) is 17.1 Å². The van der Waals surface area contributed by atoms with Gasteiger partial charge in [0, 0.05) is 16.6 Å². The van der Waals surface area contributed by atoms with Crippen LogP contribution in [0.25, 0.3) is 0 Å². The summed E-state index contributed by atoms with van der Waals surface area (Å²) in [5, 5.41) is 0. The Morgan fingerprint density at radius 3 is 3.09 bits per heavy atom. The third-order valence-corrected chi connectivity index (χ3v) is 5.85. The summed E-state index contributed by atoms with van der Waals surface area (Å²) < 4.78 is 11.5. The van der Waals surface area contributed by atoms with Crippen molar-refractivity contribution in [1.29, 1.82) is 0 Å². The smallest absolute Gasteiger partial charge is 0.0914 e. The average Bonchev–Trinajstić information content (AvgIpc) is 1.96. The molecule has 3 heteroatoms. The van der Waals surface area contributed by atoms with Crippen LogP contribution in [0.2, 0.25) is 0 Å². The van der Waals surface area contributed by atoms with Gasteiger partial charge in [-0.15, -0.1) is 18.3 Å². The molecule has 0 aromatic heterocycles. The first kappa shape index (κ1) is 9.33. The molecule has 1 aliphatic heterocycles. The number of hydrogen-bond acceptors (Lipinski definition) is 2. The zero-order chi connectivity index (χ0) is 8.32. The molecule has 0 amide bonds. The molecule has 1 unspecified atom stereocenters. The van der Waals surface area contributed by atoms with Crippen molar-refractivity contribution < 1.29 is 4.21 Å². The van der Waals surface area contributed by atoms with Gasteiger partial charge < -0.3 is 0 Å². The molecule has 0 saturated carbocycles. The van der Waals surface area contributed by atoms with E-state index in [1.54, 1.807) is 0 Å². The van der Waals surface area contributed by atoms with Gasteiger partial charge in [0.15, 0.2) is 0 Å². The molecule has 0 aliphatic carbocycles. The van der Waals surface area contributed by atoms with Crippen LogP contribution in [-0.2, 0) is 10.8 Å². The van der Waals surface area contributed by atoms with E-state index in [1.807, 2.05) is 17.8 Å². The molecule has 64 valence electrons. The molecular formula is C8H14OS2. The first-order valence-electron chi connectivity index (χ1n) is 3.82. The molecule has 1 heterocycles. The van der Waals surface area contributed by atoms with E-state index in [0.29, 0.717) is 0 Å². The van der Waals surface area contributed by atoms with Crippen molar-refractivity contribution in [3.8, 4) is 0 Å². The van der Waals surface area contributed by atoms with Crippen LogP contribution in [0.4, 0.5) is 0 Å². The summed E-state index contributed by atoms with van der Waals surface area (Å²) in [5.74, 6) is 2.02. The fourth-order valence-corrected chi connectivity index (χ4v) is 4.48. The highest BCUT2D eigenvalue weighted by atomic mass is 32.2. The van der Waals surface area contributed by atoms with E-state index < -0.39 is 10.8 Å². The Kier molecular flexibility index (Phi) is 3.19. The van der Waals surface area contributed by atoms with Crippen molar-refractivity contribution in [3.63, 3.8) is 0 Å². The van der Waals surface area contributed by atoms with Crippen molar-refractivity contribution >= 4 is 22.6 Å². The van der Waals surface area contributed by atoms with Crippen LogP contribution in [-0.4, -0.2) is 19.8 Å². The highest BCUT2D eigenvalue weighted by molar-refractivity contribution is 8.13. The minimum absolute atomic E-state index is 0.0417. The van der Waals surface area contributed by atoms with Gasteiger partial charge in [-0.05, 0) is 25.5 Å². The second-order valence-electron chi connectivity index (χ2n) is 2.88. The highest BCUT2D eigenvalue weighted by Crippen LogP contribution is 2.37. The van der Waals surface area contributed by atoms with Gasteiger partial charge in [-0.2, -0.15) is 0 Å². The van der Waals surface area contributed by atoms with Crippen LogP contribution in [0.1, 0.15) is 19.8 Å². The SMILES string of the molecule is C=CC[C@@]1(C)SCCCS1=O. The highest BCUT2D eigenvalue weighted by Gasteiger charge is 2.33. The lowest BCUT2D eigenvalue weighted by molar-refractivity contribution is 0.663. The van der Waals surface area contributed by atoms with Gasteiger partial charge in [0.2, 0.25) is 0 Å². The summed E-state index contributed by atoms with van der Waals surface area (Å²) in [6.07, 6.45) is 3.84. The van der Waals surface area contributed by atoms with Gasteiger partial charge in [-0.1, -0.05) is 6.08 Å². The van der Waals surface area contributed by atoms with Gasteiger partial charge in [0.1, 0.15) is 0 Å². The molecule has 0 spiro atoms. The summed E-state index contributed by atoms with van der Waals surface area (Å²) in [6.45, 7) is 5.76. The number of rotatable bonds is 2. The summed E-state index contributed by atoms with van der Waals surface area (Å²) in [5.41, 5.74) is 0. The third kappa shape index (κ3) is 2.09. The van der Waals surface area contributed by atoms with E-state index in [9.17, 15) is 4.21 Å². The molecule has 1 nitrogen and oxygen atoms in total. The third-order valence-electron chi connectivity index (χ3n) is 1.88. The molecular weight excluding hydrogens is 176 g/mol. The Morgan fingerprint density at radius 2 is 2.55 bits per heavy atom. The Balaban J connectivity index is 2.64. The summed E-state index contributed by atoms with van der Waals surface area (Å²) in [7, 11) is -0.652. The molecule has 0 radical (unpaired) electrons. The Bertz CT molecular complexity index is 179. The zero-order valence-electron chi connectivity index (χ0n) is 6.84. The zero-order valence-corrected chi connectivity index (χ0v) is 8.47. The number of thioether (sulfide) groups is 1. The molecule has 1 rings (SSSR count). The monoisotopic (exact) mass is 190 g/mol. The fraction of sp³-hybridized carbons (Fsp3) is 0.750. The van der Waals surface area contributed by atoms with E-state index in [2.05, 4.69) is 13.5 Å². The lowest BCUT2D eigenvalue weighted by Crippen LogP contribution is -2.32. The van der Waals surface area contributed by atoms with Gasteiger partial charge in [-0.25, -0.2) is 0 Å². The maximum Gasteiger partial charge on any atom is 0.0914 e. The molecule has 0 aromatic rings. The van der Waals surface area contributed by atoms with Crippen molar-refractivity contribution in [2.45, 2.75) is 23.8 Å². The van der Waals surface area contributed by atoms with Crippen LogP contribution in [0, 0.1) is 0 Å². The van der Waals surface area contributed by atoms with E-state index in [1.165, 1.54) is 0 Å². The maximum atomic E-state index is 11.5. The normalized spacial score (nSPS) is 38.5. The van der Waals surface area contributed by atoms with Crippen LogP contribution in [0.15, 0.2) is 12.7 Å². The molecule has 0 aromatic carbocycles. The molecule has 0 N–H and O–H groups in total. The predicted octanol–water partition coefficient (Wildman–Crippen LogP) is 2.16. The van der Waals surface area contributed by atoms with Crippen LogP contribution < -0.4 is 0 Å². The quantitative estimate of drug-likeness (QED) is 0.621. The average molecular weight is 190 g/mol. The van der Waals surface area contributed by atoms with E-state index in [-0.39, 0.29) is 4.08 Å². The molecule has 1 saturated heterocycles. The second kappa shape index (κ2) is 3.76. The first-order valence-corrected chi connectivity index (χ1v) is 6.13. The first-order chi connectivity index (χ1) is 5.19. The minimum Gasteiger partial charge on any atom is -0.258 e. The Labute approximate surface area is 75.1 Å². The van der Waals surface area contributed by atoms with Gasteiger partial charge in [0.25, 0.3) is 0 Å². The van der Waals surface area contributed by atoms with Gasteiger partial charge >= 0.3 is 0 Å². The van der Waals surface area contributed by atoms with Crippen LogP contribution >= 0.6 is 11.8 Å². The Hall–Kier alpha value is 0.240. The summed E-state index contributed by atoms with van der Waals surface area (Å²) >= 11 is 1.83. The number of allylic oxidation sites excluding steroid dienone is 1. The van der Waals surface area contributed by atoms with Crippen LogP contribution in [0.5, 0.6) is 0 Å². The minimum atomic E-state index is -0.652. The fourth-order valence-electron chi connectivity index (χ4n) is 1.17. The van der Waals surface area contributed by atoms with Crippen molar-refractivity contribution in [2.75, 3.05) is 11.5 Å². The van der Waals surface area contributed by atoms with Gasteiger partial charge in [0.05, 0.1) is 4.08 Å². The lowest BCUT2D eigenvalue weighted by atomic mass is 10.3. The maximum absolute atomic E-state index is 11.5. The van der Waals surface area contributed by atoms with Gasteiger partial charge in [-0.3, -0.25) is 4.21 Å². The van der Waals surface area contributed by atoms with E-state index >= 15 is 0 Å². The van der Waals surface area contributed by atoms with Crippen LogP contribution in [0.3, 0.4) is 0 Å². The largest absolute Gasteiger partial charge is 0.258 e. The molecule has 1 fully saturated rings. The summed E-state index contributed by atoms with van der Waals surface area (Å²) in [6, 6.07) is 0. The Morgan fingerprint density at radius 1 is 1.82 bits per heavy atom. The van der Waals surface area contributed by atoms with Crippen molar-refractivity contribution in [3.05, 3.63) is 12.7 Å².